The third-order valence-corrected chi connectivity index (χ3v) is 4.02. The zero-order valence-electron chi connectivity index (χ0n) is 9.95. The average molecular weight is 326 g/mol. The normalized spacial score (nSPS) is 10.6. The number of nitrogens with one attached hydrogen (secondary N) is 1. The van der Waals surface area contributed by atoms with E-state index in [0.717, 1.165) is 20.8 Å². The SMILES string of the molecule is Cc1nc(Sc2cccc(Br)c2C(=N)N)oc1C. The van der Waals surface area contributed by atoms with Crippen LogP contribution in [0.3, 0.4) is 0 Å². The minimum atomic E-state index is 0.0185. The molecule has 0 aliphatic heterocycles. The molecule has 0 atom stereocenters. The Morgan fingerprint density at radius 2 is 2.17 bits per heavy atom. The maximum Gasteiger partial charge on any atom is 0.261 e. The summed E-state index contributed by atoms with van der Waals surface area (Å²) >= 11 is 4.76. The van der Waals surface area contributed by atoms with Gasteiger partial charge in [-0.05, 0) is 53.7 Å². The molecule has 0 saturated carbocycles. The average Bonchev–Trinajstić information content (AvgIpc) is 2.57. The van der Waals surface area contributed by atoms with Crippen LogP contribution in [0.1, 0.15) is 17.0 Å². The van der Waals surface area contributed by atoms with Crippen molar-refractivity contribution in [1.82, 2.24) is 4.98 Å². The van der Waals surface area contributed by atoms with Crippen molar-refractivity contribution >= 4 is 33.5 Å². The largest absolute Gasteiger partial charge is 0.436 e. The van der Waals surface area contributed by atoms with Gasteiger partial charge in [0.25, 0.3) is 5.22 Å². The number of nitrogens with two attached hydrogens (primary N) is 1. The third kappa shape index (κ3) is 2.59. The van der Waals surface area contributed by atoms with Crippen molar-refractivity contribution in [2.45, 2.75) is 24.0 Å². The number of nitrogen functional groups attached to an aromatic ring is 1. The maximum atomic E-state index is 7.61. The quantitative estimate of drug-likeness (QED) is 0.669. The van der Waals surface area contributed by atoms with E-state index in [1.807, 2.05) is 32.0 Å². The molecule has 18 heavy (non-hydrogen) atoms. The zero-order chi connectivity index (χ0) is 13.3. The van der Waals surface area contributed by atoms with Gasteiger partial charge in [0.1, 0.15) is 11.6 Å². The van der Waals surface area contributed by atoms with E-state index in [1.165, 1.54) is 11.8 Å². The first-order valence-electron chi connectivity index (χ1n) is 5.24. The van der Waals surface area contributed by atoms with Gasteiger partial charge in [0, 0.05) is 14.9 Å². The fourth-order valence-corrected chi connectivity index (χ4v) is 3.15. The summed E-state index contributed by atoms with van der Waals surface area (Å²) in [6.45, 7) is 3.77. The highest BCUT2D eigenvalue weighted by atomic mass is 79.9. The Kier molecular flexibility index (Phi) is 3.77. The molecular formula is C12H12BrN3OS. The van der Waals surface area contributed by atoms with E-state index < -0.39 is 0 Å². The second kappa shape index (κ2) is 5.16. The molecule has 2 rings (SSSR count). The van der Waals surface area contributed by atoms with Crippen LogP contribution in [-0.4, -0.2) is 10.8 Å². The van der Waals surface area contributed by atoms with Gasteiger partial charge >= 0.3 is 0 Å². The van der Waals surface area contributed by atoms with E-state index in [2.05, 4.69) is 20.9 Å². The monoisotopic (exact) mass is 325 g/mol. The molecule has 0 spiro atoms. The fourth-order valence-electron chi connectivity index (χ4n) is 1.43. The van der Waals surface area contributed by atoms with Crippen molar-refractivity contribution in [1.29, 1.82) is 5.41 Å². The van der Waals surface area contributed by atoms with Crippen LogP contribution < -0.4 is 5.73 Å². The summed E-state index contributed by atoms with van der Waals surface area (Å²) in [4.78, 5) is 5.15. The molecule has 1 aromatic carbocycles. The molecule has 0 fully saturated rings. The number of halogens is 1. The molecule has 0 aliphatic rings. The summed E-state index contributed by atoms with van der Waals surface area (Å²) in [5.41, 5.74) is 7.13. The van der Waals surface area contributed by atoms with Gasteiger partial charge in [-0.3, -0.25) is 5.41 Å². The summed E-state index contributed by atoms with van der Waals surface area (Å²) in [6, 6.07) is 5.63. The number of nitrogens with zero attached hydrogens (tertiary/aromatic N) is 1. The number of aryl methyl sites for hydroxylation is 2. The van der Waals surface area contributed by atoms with Gasteiger partial charge in [-0.25, -0.2) is 4.98 Å². The van der Waals surface area contributed by atoms with Gasteiger partial charge in [0.2, 0.25) is 0 Å². The molecule has 0 aliphatic carbocycles. The van der Waals surface area contributed by atoms with E-state index in [1.54, 1.807) is 0 Å². The van der Waals surface area contributed by atoms with Gasteiger partial charge < -0.3 is 10.2 Å². The molecule has 6 heteroatoms. The number of hydrogen-bond acceptors (Lipinski definition) is 4. The van der Waals surface area contributed by atoms with Crippen molar-refractivity contribution in [2.75, 3.05) is 0 Å². The van der Waals surface area contributed by atoms with Crippen molar-refractivity contribution in [2.24, 2.45) is 5.73 Å². The highest BCUT2D eigenvalue weighted by Gasteiger charge is 2.14. The smallest absolute Gasteiger partial charge is 0.261 e. The van der Waals surface area contributed by atoms with Gasteiger partial charge in [0.15, 0.2) is 0 Å². The van der Waals surface area contributed by atoms with Crippen molar-refractivity contribution in [3.8, 4) is 0 Å². The molecule has 0 amide bonds. The number of hydrogen-bond donors (Lipinski definition) is 2. The van der Waals surface area contributed by atoms with Crippen LogP contribution in [0.2, 0.25) is 0 Å². The third-order valence-electron chi connectivity index (χ3n) is 2.45. The Morgan fingerprint density at radius 1 is 1.44 bits per heavy atom. The number of benzene rings is 1. The highest BCUT2D eigenvalue weighted by molar-refractivity contribution is 9.10. The summed E-state index contributed by atoms with van der Waals surface area (Å²) < 4.78 is 6.31. The Morgan fingerprint density at radius 3 is 2.72 bits per heavy atom. The van der Waals surface area contributed by atoms with E-state index in [4.69, 9.17) is 15.6 Å². The van der Waals surface area contributed by atoms with Crippen LogP contribution in [0.25, 0.3) is 0 Å². The second-order valence-electron chi connectivity index (χ2n) is 3.75. The molecule has 3 N–H and O–H groups in total. The van der Waals surface area contributed by atoms with Gasteiger partial charge in [-0.15, -0.1) is 0 Å². The van der Waals surface area contributed by atoms with Crippen LogP contribution in [0.15, 0.2) is 37.2 Å². The predicted molar refractivity (Wildman–Crippen MR) is 75.3 cm³/mol. The van der Waals surface area contributed by atoms with Crippen LogP contribution in [-0.2, 0) is 0 Å². The lowest BCUT2D eigenvalue weighted by Crippen LogP contribution is -2.13. The first-order valence-corrected chi connectivity index (χ1v) is 6.84. The minimum Gasteiger partial charge on any atom is -0.436 e. The number of oxazole rings is 1. The molecule has 2 aromatic rings. The Bertz CT molecular complexity index is 590. The van der Waals surface area contributed by atoms with E-state index >= 15 is 0 Å². The fraction of sp³-hybridized carbons (Fsp3) is 0.167. The van der Waals surface area contributed by atoms with E-state index in [0.29, 0.717) is 10.8 Å². The first-order chi connectivity index (χ1) is 8.49. The van der Waals surface area contributed by atoms with Crippen LogP contribution >= 0.6 is 27.7 Å². The number of rotatable bonds is 3. The molecule has 0 saturated heterocycles. The van der Waals surface area contributed by atoms with Crippen molar-refractivity contribution in [3.63, 3.8) is 0 Å². The predicted octanol–water partition coefficient (Wildman–Crippen LogP) is 3.49. The Labute approximate surface area is 118 Å². The Hall–Kier alpha value is -1.27. The molecule has 0 unspecified atom stereocenters. The molecule has 1 heterocycles. The molecule has 0 radical (unpaired) electrons. The zero-order valence-corrected chi connectivity index (χ0v) is 12.4. The van der Waals surface area contributed by atoms with E-state index in [-0.39, 0.29) is 5.84 Å². The highest BCUT2D eigenvalue weighted by Crippen LogP contribution is 2.33. The molecule has 4 nitrogen and oxygen atoms in total. The summed E-state index contributed by atoms with van der Waals surface area (Å²) in [7, 11) is 0. The molecule has 0 bridgehead atoms. The summed E-state index contributed by atoms with van der Waals surface area (Å²) in [5.74, 6) is 0.821. The lowest BCUT2D eigenvalue weighted by atomic mass is 10.2. The minimum absolute atomic E-state index is 0.0185. The second-order valence-corrected chi connectivity index (χ2v) is 5.60. The van der Waals surface area contributed by atoms with Crippen LogP contribution in [0.4, 0.5) is 0 Å². The standard InChI is InChI=1S/C12H12BrN3OS/c1-6-7(2)17-12(16-6)18-9-5-3-4-8(13)10(9)11(14)15/h3-5H,1-2H3,(H3,14,15). The number of amidine groups is 1. The summed E-state index contributed by atoms with van der Waals surface area (Å²) in [6.07, 6.45) is 0. The van der Waals surface area contributed by atoms with Crippen LogP contribution in [0, 0.1) is 19.3 Å². The lowest BCUT2D eigenvalue weighted by Gasteiger charge is -2.07. The van der Waals surface area contributed by atoms with Gasteiger partial charge in [-0.1, -0.05) is 6.07 Å². The maximum absolute atomic E-state index is 7.61. The first kappa shape index (κ1) is 13.2. The van der Waals surface area contributed by atoms with Crippen LogP contribution in [0.5, 0.6) is 0 Å². The Balaban J connectivity index is 2.40. The molecule has 94 valence electrons. The van der Waals surface area contributed by atoms with E-state index in [9.17, 15) is 0 Å². The van der Waals surface area contributed by atoms with Crippen molar-refractivity contribution in [3.05, 3.63) is 39.7 Å². The summed E-state index contributed by atoms with van der Waals surface area (Å²) in [5, 5.41) is 8.17. The van der Waals surface area contributed by atoms with Crippen molar-refractivity contribution < 1.29 is 4.42 Å². The number of aromatic nitrogens is 1. The van der Waals surface area contributed by atoms with Gasteiger partial charge in [0.05, 0.1) is 5.69 Å². The topological polar surface area (TPSA) is 75.9 Å². The molecule has 1 aromatic heterocycles. The molecular weight excluding hydrogens is 314 g/mol. The van der Waals surface area contributed by atoms with Gasteiger partial charge in [-0.2, -0.15) is 0 Å². The lowest BCUT2D eigenvalue weighted by molar-refractivity contribution is 0.431.